The molecule has 3 heterocycles. The van der Waals surface area contributed by atoms with Gasteiger partial charge < -0.3 is 15.6 Å². The molecule has 11 heteroatoms. The summed E-state index contributed by atoms with van der Waals surface area (Å²) in [5.74, 6) is 0.196. The molecular formula is C19H20ClF3N6O. The number of aryl methyl sites for hydroxylation is 1. The molecule has 30 heavy (non-hydrogen) atoms. The Labute approximate surface area is 175 Å². The van der Waals surface area contributed by atoms with Gasteiger partial charge in [-0.2, -0.15) is 13.2 Å². The number of pyridine rings is 1. The third-order valence-electron chi connectivity index (χ3n) is 4.40. The van der Waals surface area contributed by atoms with Gasteiger partial charge in [-0.05, 0) is 26.8 Å². The van der Waals surface area contributed by atoms with Gasteiger partial charge >= 0.3 is 6.18 Å². The quantitative estimate of drug-likeness (QED) is 0.533. The molecule has 0 saturated carbocycles. The van der Waals surface area contributed by atoms with Crippen LogP contribution in [0.15, 0.2) is 24.7 Å². The van der Waals surface area contributed by atoms with Gasteiger partial charge in [0.05, 0.1) is 11.4 Å². The van der Waals surface area contributed by atoms with Crippen molar-refractivity contribution >= 4 is 34.4 Å². The Balaban J connectivity index is 1.82. The summed E-state index contributed by atoms with van der Waals surface area (Å²) >= 11 is 6.04. The molecule has 7 nitrogen and oxygen atoms in total. The number of aromatic amines is 1. The van der Waals surface area contributed by atoms with Crippen molar-refractivity contribution in [2.45, 2.75) is 38.9 Å². The minimum Gasteiger partial charge on any atom is -0.356 e. The van der Waals surface area contributed by atoms with Crippen LogP contribution in [0.4, 0.5) is 19.0 Å². The number of rotatable bonds is 6. The molecule has 0 radical (unpaired) electrons. The van der Waals surface area contributed by atoms with Crippen LogP contribution >= 0.6 is 11.6 Å². The highest BCUT2D eigenvalue weighted by Crippen LogP contribution is 2.29. The van der Waals surface area contributed by atoms with Crippen molar-refractivity contribution in [1.82, 2.24) is 25.3 Å². The Hall–Kier alpha value is -2.88. The summed E-state index contributed by atoms with van der Waals surface area (Å²) in [6.45, 7) is 4.39. The van der Waals surface area contributed by atoms with Crippen molar-refractivity contribution < 1.29 is 18.0 Å². The van der Waals surface area contributed by atoms with E-state index in [1.165, 1.54) is 6.20 Å². The molecule has 0 saturated heterocycles. The van der Waals surface area contributed by atoms with Gasteiger partial charge in [0.25, 0.3) is 0 Å². The number of carbonyl (C=O) groups excluding carboxylic acids is 1. The maximum atomic E-state index is 12.4. The van der Waals surface area contributed by atoms with Gasteiger partial charge in [0, 0.05) is 41.6 Å². The van der Waals surface area contributed by atoms with E-state index in [1.54, 1.807) is 39.2 Å². The first-order valence-electron chi connectivity index (χ1n) is 9.06. The highest BCUT2D eigenvalue weighted by Gasteiger charge is 2.31. The van der Waals surface area contributed by atoms with E-state index in [2.05, 4.69) is 30.6 Å². The molecule has 0 unspecified atom stereocenters. The highest BCUT2D eigenvalue weighted by molar-refractivity contribution is 6.31. The van der Waals surface area contributed by atoms with Gasteiger partial charge in [0.15, 0.2) is 5.82 Å². The molecule has 0 spiro atoms. The summed E-state index contributed by atoms with van der Waals surface area (Å²) in [4.78, 5) is 28.5. The number of halogens is 4. The van der Waals surface area contributed by atoms with E-state index in [4.69, 9.17) is 11.6 Å². The van der Waals surface area contributed by atoms with E-state index >= 15 is 0 Å². The van der Waals surface area contributed by atoms with Gasteiger partial charge in [0.2, 0.25) is 5.91 Å². The van der Waals surface area contributed by atoms with Gasteiger partial charge in [0.1, 0.15) is 17.0 Å². The molecule has 3 rings (SSSR count). The molecular weight excluding hydrogens is 421 g/mol. The fourth-order valence-electron chi connectivity index (χ4n) is 2.75. The molecule has 3 aromatic rings. The second-order valence-corrected chi connectivity index (χ2v) is 7.78. The smallest absolute Gasteiger partial charge is 0.356 e. The first-order valence-corrected chi connectivity index (χ1v) is 9.44. The Morgan fingerprint density at radius 1 is 1.23 bits per heavy atom. The van der Waals surface area contributed by atoms with Crippen molar-refractivity contribution in [2.24, 2.45) is 0 Å². The number of nitrogens with zero attached hydrogens (tertiary/aromatic N) is 3. The van der Waals surface area contributed by atoms with Crippen molar-refractivity contribution in [3.8, 4) is 11.4 Å². The number of hydrogen-bond acceptors (Lipinski definition) is 5. The van der Waals surface area contributed by atoms with Crippen molar-refractivity contribution in [3.63, 3.8) is 0 Å². The summed E-state index contributed by atoms with van der Waals surface area (Å²) in [7, 11) is 0. The van der Waals surface area contributed by atoms with E-state index < -0.39 is 30.6 Å². The van der Waals surface area contributed by atoms with E-state index in [1.807, 2.05) is 0 Å². The fraction of sp³-hybridized carbons (Fsp3) is 0.368. The number of amides is 1. The van der Waals surface area contributed by atoms with Crippen LogP contribution in [0, 0.1) is 6.92 Å². The zero-order valence-corrected chi connectivity index (χ0v) is 17.2. The van der Waals surface area contributed by atoms with Crippen LogP contribution in [-0.4, -0.2) is 44.1 Å². The van der Waals surface area contributed by atoms with E-state index in [0.29, 0.717) is 33.4 Å². The molecule has 0 atom stereocenters. The molecule has 0 aliphatic heterocycles. The molecule has 0 fully saturated rings. The second kappa shape index (κ2) is 8.10. The molecule has 0 aliphatic rings. The number of alkyl halides is 3. The topological polar surface area (TPSA) is 95.6 Å². The number of H-pyrrole nitrogens is 1. The van der Waals surface area contributed by atoms with Crippen molar-refractivity contribution in [1.29, 1.82) is 0 Å². The van der Waals surface area contributed by atoms with Gasteiger partial charge in [-0.15, -0.1) is 0 Å². The first-order chi connectivity index (χ1) is 14.0. The van der Waals surface area contributed by atoms with E-state index in [9.17, 15) is 18.0 Å². The zero-order chi connectivity index (χ0) is 22.1. The molecule has 0 aromatic carbocycles. The number of hydrogen-bond donors (Lipinski definition) is 3. The average molecular weight is 441 g/mol. The summed E-state index contributed by atoms with van der Waals surface area (Å²) in [6.07, 6.45) is -0.605. The monoisotopic (exact) mass is 440 g/mol. The third-order valence-corrected chi connectivity index (χ3v) is 4.61. The predicted octanol–water partition coefficient (Wildman–Crippen LogP) is 4.24. The summed E-state index contributed by atoms with van der Waals surface area (Å²) in [5.41, 5.74) is 0.770. The Morgan fingerprint density at radius 2 is 1.97 bits per heavy atom. The Kier molecular flexibility index (Phi) is 5.89. The predicted molar refractivity (Wildman–Crippen MR) is 108 cm³/mol. The van der Waals surface area contributed by atoms with Gasteiger partial charge in [-0.25, -0.2) is 15.0 Å². The SMILES string of the molecule is Cc1cnc(-c2c[nH]c3ncc(Cl)cc23)nc1NC(C)(C)C(=O)NCCC(F)(F)F. The Bertz CT molecular complexity index is 1080. The fourth-order valence-corrected chi connectivity index (χ4v) is 2.91. The van der Waals surface area contributed by atoms with E-state index in [0.717, 1.165) is 5.39 Å². The van der Waals surface area contributed by atoms with Crippen LogP contribution in [0.5, 0.6) is 0 Å². The molecule has 1 amide bonds. The van der Waals surface area contributed by atoms with E-state index in [-0.39, 0.29) is 0 Å². The number of nitrogens with one attached hydrogen (secondary N) is 3. The third kappa shape index (κ3) is 4.99. The largest absolute Gasteiger partial charge is 0.390 e. The normalized spacial score (nSPS) is 12.2. The molecule has 3 N–H and O–H groups in total. The standard InChI is InChI=1S/C19H20ClF3N6O/c1-10-7-25-16(13-9-27-15-12(13)6-11(20)8-26-15)28-14(10)29-18(2,3)17(30)24-5-4-19(21,22)23/h6-9H,4-5H2,1-3H3,(H,24,30)(H,26,27)(H,25,28,29). The van der Waals surface area contributed by atoms with Crippen LogP contribution in [0.3, 0.4) is 0 Å². The minimum atomic E-state index is -4.33. The van der Waals surface area contributed by atoms with Crippen molar-refractivity contribution in [3.05, 3.63) is 35.2 Å². The molecule has 3 aromatic heterocycles. The summed E-state index contributed by atoms with van der Waals surface area (Å²) < 4.78 is 37.0. The zero-order valence-electron chi connectivity index (χ0n) is 16.5. The lowest BCUT2D eigenvalue weighted by Crippen LogP contribution is -2.48. The summed E-state index contributed by atoms with van der Waals surface area (Å²) in [5, 5.41) is 6.50. The lowest BCUT2D eigenvalue weighted by molar-refractivity contribution is -0.136. The van der Waals surface area contributed by atoms with Gasteiger partial charge in [-0.3, -0.25) is 4.79 Å². The van der Waals surface area contributed by atoms with Crippen LogP contribution < -0.4 is 10.6 Å². The first kappa shape index (κ1) is 21.8. The lowest BCUT2D eigenvalue weighted by atomic mass is 10.0. The molecule has 160 valence electrons. The number of carbonyl (C=O) groups is 1. The number of aromatic nitrogens is 4. The van der Waals surface area contributed by atoms with Gasteiger partial charge in [-0.1, -0.05) is 11.6 Å². The highest BCUT2D eigenvalue weighted by atomic mass is 35.5. The second-order valence-electron chi connectivity index (χ2n) is 7.35. The minimum absolute atomic E-state index is 0.381. The lowest BCUT2D eigenvalue weighted by Gasteiger charge is -2.26. The average Bonchev–Trinajstić information content (AvgIpc) is 3.05. The van der Waals surface area contributed by atoms with Crippen LogP contribution in [0.1, 0.15) is 25.8 Å². The number of fused-ring (bicyclic) bond motifs is 1. The Morgan fingerprint density at radius 3 is 2.67 bits per heavy atom. The maximum absolute atomic E-state index is 12.4. The molecule has 0 bridgehead atoms. The van der Waals surface area contributed by atoms with Crippen LogP contribution in [0.2, 0.25) is 5.02 Å². The molecule has 0 aliphatic carbocycles. The maximum Gasteiger partial charge on any atom is 0.390 e. The van der Waals surface area contributed by atoms with Crippen LogP contribution in [-0.2, 0) is 4.79 Å². The summed E-state index contributed by atoms with van der Waals surface area (Å²) in [6, 6.07) is 1.74. The number of anilines is 1. The van der Waals surface area contributed by atoms with Crippen molar-refractivity contribution in [2.75, 3.05) is 11.9 Å². The van der Waals surface area contributed by atoms with Crippen LogP contribution in [0.25, 0.3) is 22.4 Å².